The van der Waals surface area contributed by atoms with Crippen molar-refractivity contribution in [3.63, 3.8) is 0 Å². The van der Waals surface area contributed by atoms with E-state index < -0.39 is 5.91 Å². The van der Waals surface area contributed by atoms with Crippen molar-refractivity contribution in [3.05, 3.63) is 22.6 Å². The highest BCUT2D eigenvalue weighted by Gasteiger charge is 2.27. The van der Waals surface area contributed by atoms with E-state index in [0.29, 0.717) is 17.9 Å². The lowest BCUT2D eigenvalue weighted by atomic mass is 9.89. The molecule has 7 heteroatoms. The molecule has 1 aromatic heterocycles. The van der Waals surface area contributed by atoms with Crippen LogP contribution in [-0.2, 0) is 9.53 Å². The number of hydrogen-bond donors (Lipinski definition) is 2. The summed E-state index contributed by atoms with van der Waals surface area (Å²) in [5.74, 6) is -0.368. The van der Waals surface area contributed by atoms with E-state index >= 15 is 0 Å². The minimum absolute atomic E-state index is 0.123. The van der Waals surface area contributed by atoms with E-state index in [1.807, 2.05) is 0 Å². The van der Waals surface area contributed by atoms with Gasteiger partial charge in [-0.1, -0.05) is 0 Å². The minimum atomic E-state index is -0.428. The Morgan fingerprint density at radius 1 is 1.40 bits per heavy atom. The molecule has 0 spiro atoms. The highest BCUT2D eigenvalue weighted by molar-refractivity contribution is 9.10. The molecule has 1 fully saturated rings. The third kappa shape index (κ3) is 4.08. The van der Waals surface area contributed by atoms with E-state index in [-0.39, 0.29) is 30.0 Å². The van der Waals surface area contributed by atoms with Gasteiger partial charge in [-0.25, -0.2) is 0 Å². The molecule has 1 aliphatic rings. The summed E-state index contributed by atoms with van der Waals surface area (Å²) in [7, 11) is 0. The summed E-state index contributed by atoms with van der Waals surface area (Å²) in [5, 5.41) is 2.84. The van der Waals surface area contributed by atoms with E-state index in [9.17, 15) is 9.59 Å². The number of furan rings is 1. The zero-order valence-corrected chi connectivity index (χ0v) is 12.5. The summed E-state index contributed by atoms with van der Waals surface area (Å²) >= 11 is 3.15. The molecule has 2 heterocycles. The van der Waals surface area contributed by atoms with Crippen molar-refractivity contribution in [3.8, 4) is 0 Å². The molecular weight excluding hydrogens is 328 g/mol. The minimum Gasteiger partial charge on any atom is -0.444 e. The SMILES string of the molecule is NC(=O)CC(NC(=O)c1ccc(Br)o1)C1CCOCC1. The molecule has 0 saturated carbocycles. The summed E-state index contributed by atoms with van der Waals surface area (Å²) in [4.78, 5) is 23.3. The Morgan fingerprint density at radius 2 is 2.10 bits per heavy atom. The summed E-state index contributed by atoms with van der Waals surface area (Å²) in [6, 6.07) is 2.93. The van der Waals surface area contributed by atoms with Crippen LogP contribution in [0.2, 0.25) is 0 Å². The van der Waals surface area contributed by atoms with Crippen LogP contribution in [0.4, 0.5) is 0 Å². The van der Waals surface area contributed by atoms with Crippen molar-refractivity contribution in [2.45, 2.75) is 25.3 Å². The molecule has 1 aliphatic heterocycles. The Balaban J connectivity index is 2.02. The first-order chi connectivity index (χ1) is 9.56. The predicted octanol–water partition coefficient (Wildman–Crippen LogP) is 1.44. The van der Waals surface area contributed by atoms with Gasteiger partial charge in [0, 0.05) is 25.7 Å². The molecule has 2 rings (SSSR count). The van der Waals surface area contributed by atoms with Crippen molar-refractivity contribution in [2.24, 2.45) is 11.7 Å². The van der Waals surface area contributed by atoms with E-state index in [0.717, 1.165) is 12.8 Å². The molecule has 1 unspecified atom stereocenters. The van der Waals surface area contributed by atoms with Crippen molar-refractivity contribution in [1.82, 2.24) is 5.32 Å². The maximum atomic E-state index is 12.1. The average molecular weight is 345 g/mol. The van der Waals surface area contributed by atoms with Crippen LogP contribution in [0.5, 0.6) is 0 Å². The topological polar surface area (TPSA) is 94.6 Å². The van der Waals surface area contributed by atoms with Gasteiger partial charge >= 0.3 is 0 Å². The highest BCUT2D eigenvalue weighted by atomic mass is 79.9. The number of carbonyl (C=O) groups is 2. The molecule has 20 heavy (non-hydrogen) atoms. The van der Waals surface area contributed by atoms with Crippen LogP contribution in [-0.4, -0.2) is 31.1 Å². The largest absolute Gasteiger partial charge is 0.444 e. The van der Waals surface area contributed by atoms with Gasteiger partial charge < -0.3 is 20.2 Å². The van der Waals surface area contributed by atoms with Gasteiger partial charge in [-0.2, -0.15) is 0 Å². The van der Waals surface area contributed by atoms with Gasteiger partial charge in [0.25, 0.3) is 5.91 Å². The monoisotopic (exact) mass is 344 g/mol. The Labute approximate surface area is 125 Å². The summed E-state index contributed by atoms with van der Waals surface area (Å²) in [5.41, 5.74) is 5.27. The Bertz CT molecular complexity index is 482. The molecule has 1 aromatic rings. The standard InChI is InChI=1S/C13H17BrN2O4/c14-11-2-1-10(20-11)13(18)16-9(7-12(15)17)8-3-5-19-6-4-8/h1-2,8-9H,3-7H2,(H2,15,17)(H,16,18). The number of amides is 2. The number of halogens is 1. The Hall–Kier alpha value is -1.34. The van der Waals surface area contributed by atoms with Gasteiger partial charge in [0.2, 0.25) is 5.91 Å². The van der Waals surface area contributed by atoms with Crippen LogP contribution in [0.15, 0.2) is 21.2 Å². The molecular formula is C13H17BrN2O4. The fourth-order valence-electron chi connectivity index (χ4n) is 2.35. The summed E-state index contributed by atoms with van der Waals surface area (Å²) in [6.45, 7) is 1.28. The second-order valence-corrected chi connectivity index (χ2v) is 5.59. The van der Waals surface area contributed by atoms with Gasteiger partial charge in [0.05, 0.1) is 0 Å². The third-order valence-electron chi connectivity index (χ3n) is 3.37. The zero-order valence-electron chi connectivity index (χ0n) is 10.9. The smallest absolute Gasteiger partial charge is 0.287 e. The molecule has 0 aliphatic carbocycles. The van der Waals surface area contributed by atoms with Crippen molar-refractivity contribution in [1.29, 1.82) is 0 Å². The van der Waals surface area contributed by atoms with Gasteiger partial charge in [0.1, 0.15) is 0 Å². The van der Waals surface area contributed by atoms with Crippen LogP contribution in [0.25, 0.3) is 0 Å². The van der Waals surface area contributed by atoms with Crippen LogP contribution in [0, 0.1) is 5.92 Å². The molecule has 0 radical (unpaired) electrons. The third-order valence-corrected chi connectivity index (χ3v) is 3.80. The molecule has 0 bridgehead atoms. The molecule has 2 amide bonds. The number of nitrogens with two attached hydrogens (primary N) is 1. The van der Waals surface area contributed by atoms with Crippen LogP contribution >= 0.6 is 15.9 Å². The van der Waals surface area contributed by atoms with E-state index in [1.165, 1.54) is 0 Å². The lowest BCUT2D eigenvalue weighted by Crippen LogP contribution is -2.44. The van der Waals surface area contributed by atoms with Crippen molar-refractivity contribution in [2.75, 3.05) is 13.2 Å². The maximum absolute atomic E-state index is 12.1. The van der Waals surface area contributed by atoms with E-state index in [4.69, 9.17) is 14.9 Å². The first-order valence-electron chi connectivity index (χ1n) is 6.48. The lowest BCUT2D eigenvalue weighted by molar-refractivity contribution is -0.118. The number of ether oxygens (including phenoxy) is 1. The average Bonchev–Trinajstić information content (AvgIpc) is 2.85. The molecule has 0 aromatic carbocycles. The van der Waals surface area contributed by atoms with Gasteiger partial charge in [-0.15, -0.1) is 0 Å². The molecule has 3 N–H and O–H groups in total. The number of primary amides is 1. The van der Waals surface area contributed by atoms with Gasteiger partial charge in [-0.05, 0) is 46.8 Å². The van der Waals surface area contributed by atoms with Gasteiger partial charge in [0.15, 0.2) is 10.4 Å². The first kappa shape index (κ1) is 15.1. The number of carbonyl (C=O) groups excluding carboxylic acids is 2. The van der Waals surface area contributed by atoms with Crippen LogP contribution in [0.3, 0.4) is 0 Å². The van der Waals surface area contributed by atoms with Crippen molar-refractivity contribution >= 4 is 27.7 Å². The number of nitrogens with one attached hydrogen (secondary N) is 1. The number of hydrogen-bond acceptors (Lipinski definition) is 4. The molecule has 110 valence electrons. The molecule has 6 nitrogen and oxygen atoms in total. The van der Waals surface area contributed by atoms with E-state index in [1.54, 1.807) is 12.1 Å². The fraction of sp³-hybridized carbons (Fsp3) is 0.538. The second kappa shape index (κ2) is 6.90. The second-order valence-electron chi connectivity index (χ2n) is 4.80. The molecule has 1 atom stereocenters. The lowest BCUT2D eigenvalue weighted by Gasteiger charge is -2.30. The highest BCUT2D eigenvalue weighted by Crippen LogP contribution is 2.22. The Kier molecular flexibility index (Phi) is 5.19. The predicted molar refractivity (Wildman–Crippen MR) is 75.0 cm³/mol. The normalized spacial score (nSPS) is 17.6. The number of rotatable bonds is 5. The van der Waals surface area contributed by atoms with Crippen molar-refractivity contribution < 1.29 is 18.7 Å². The molecule has 1 saturated heterocycles. The quantitative estimate of drug-likeness (QED) is 0.844. The summed E-state index contributed by atoms with van der Waals surface area (Å²) in [6.07, 6.45) is 1.73. The van der Waals surface area contributed by atoms with Crippen LogP contribution in [0.1, 0.15) is 29.8 Å². The van der Waals surface area contributed by atoms with Gasteiger partial charge in [-0.3, -0.25) is 9.59 Å². The first-order valence-corrected chi connectivity index (χ1v) is 7.28. The maximum Gasteiger partial charge on any atom is 0.287 e. The summed E-state index contributed by atoms with van der Waals surface area (Å²) < 4.78 is 11.0. The fourth-order valence-corrected chi connectivity index (χ4v) is 2.65. The Morgan fingerprint density at radius 3 is 2.65 bits per heavy atom. The van der Waals surface area contributed by atoms with Crippen LogP contribution < -0.4 is 11.1 Å². The zero-order chi connectivity index (χ0) is 14.5. The van der Waals surface area contributed by atoms with E-state index in [2.05, 4.69) is 21.2 Å².